The average Bonchev–Trinajstić information content (AvgIpc) is 2.73. The zero-order valence-electron chi connectivity index (χ0n) is 15.6. The molecule has 0 bridgehead atoms. The fraction of sp³-hybridized carbons (Fsp3) is 0.200. The van der Waals surface area contributed by atoms with Crippen LogP contribution in [-0.4, -0.2) is 7.11 Å². The first-order valence-electron chi connectivity index (χ1n) is 9.62. The fourth-order valence-corrected chi connectivity index (χ4v) is 4.36. The van der Waals surface area contributed by atoms with Crippen molar-refractivity contribution >= 4 is 21.5 Å². The van der Waals surface area contributed by atoms with Crippen molar-refractivity contribution < 1.29 is 4.74 Å². The Morgan fingerprint density at radius 2 is 1.59 bits per heavy atom. The minimum absolute atomic E-state index is 0.853. The normalized spacial score (nSPS) is 12.8. The van der Waals surface area contributed by atoms with Gasteiger partial charge in [-0.1, -0.05) is 54.6 Å². The summed E-state index contributed by atoms with van der Waals surface area (Å²) in [6.45, 7) is 1.72. The van der Waals surface area contributed by atoms with Gasteiger partial charge in [-0.15, -0.1) is 0 Å². The van der Waals surface area contributed by atoms with Crippen LogP contribution in [0.15, 0.2) is 66.7 Å². The van der Waals surface area contributed by atoms with Gasteiger partial charge in [0.05, 0.1) is 7.11 Å². The van der Waals surface area contributed by atoms with E-state index in [9.17, 15) is 0 Å². The molecule has 4 aromatic rings. The van der Waals surface area contributed by atoms with E-state index in [1.54, 1.807) is 7.11 Å². The average molecular weight is 353 g/mol. The highest BCUT2D eigenvalue weighted by molar-refractivity contribution is 6.12. The number of methoxy groups -OCH3 is 1. The lowest BCUT2D eigenvalue weighted by Gasteiger charge is -2.20. The van der Waals surface area contributed by atoms with Gasteiger partial charge in [-0.2, -0.15) is 0 Å². The van der Waals surface area contributed by atoms with E-state index >= 15 is 0 Å². The molecule has 0 heterocycles. The van der Waals surface area contributed by atoms with E-state index in [4.69, 9.17) is 4.74 Å². The van der Waals surface area contributed by atoms with E-state index in [0.29, 0.717) is 0 Å². The topological polar surface area (TPSA) is 21.3 Å². The third-order valence-corrected chi connectivity index (χ3v) is 5.75. The summed E-state index contributed by atoms with van der Waals surface area (Å²) in [6.07, 6.45) is 2.30. The molecule has 0 unspecified atom stereocenters. The molecule has 4 aromatic carbocycles. The molecule has 0 saturated heterocycles. The van der Waals surface area contributed by atoms with Crippen LogP contribution >= 0.6 is 0 Å². The number of aryl methyl sites for hydroxylation is 2. The Kier molecular flexibility index (Phi) is 4.06. The Hall–Kier alpha value is -2.84. The number of nitrogens with one attached hydrogen (secondary N) is 1. The summed E-state index contributed by atoms with van der Waals surface area (Å²) in [5.74, 6) is 0.900. The molecule has 0 spiro atoms. The quantitative estimate of drug-likeness (QED) is 0.486. The van der Waals surface area contributed by atoms with Gasteiger partial charge in [0.25, 0.3) is 0 Å². The van der Waals surface area contributed by atoms with Gasteiger partial charge in [0.1, 0.15) is 5.75 Å². The highest BCUT2D eigenvalue weighted by Gasteiger charge is 2.16. The van der Waals surface area contributed by atoms with Crippen molar-refractivity contribution in [2.45, 2.75) is 25.9 Å². The van der Waals surface area contributed by atoms with Crippen molar-refractivity contribution in [1.82, 2.24) is 5.32 Å². The minimum atomic E-state index is 0.853. The SMILES string of the molecule is COc1ccc(CNCc2ccc3c4c2ccc2cccc(c24)CC3)cc1. The first-order valence-corrected chi connectivity index (χ1v) is 9.62. The van der Waals surface area contributed by atoms with Gasteiger partial charge < -0.3 is 10.1 Å². The lowest BCUT2D eigenvalue weighted by molar-refractivity contribution is 0.414. The second-order valence-corrected chi connectivity index (χ2v) is 7.34. The van der Waals surface area contributed by atoms with Gasteiger partial charge in [-0.05, 0) is 68.8 Å². The summed E-state index contributed by atoms with van der Waals surface area (Å²) in [7, 11) is 1.70. The number of ether oxygens (including phenoxy) is 1. The van der Waals surface area contributed by atoms with Crippen LogP contribution in [-0.2, 0) is 25.9 Å². The van der Waals surface area contributed by atoms with Crippen LogP contribution in [0.25, 0.3) is 21.5 Å². The summed E-state index contributed by atoms with van der Waals surface area (Å²) < 4.78 is 5.23. The second-order valence-electron chi connectivity index (χ2n) is 7.34. The highest BCUT2D eigenvalue weighted by atomic mass is 16.5. The van der Waals surface area contributed by atoms with Crippen LogP contribution in [0.3, 0.4) is 0 Å². The van der Waals surface area contributed by atoms with E-state index in [0.717, 1.165) is 31.7 Å². The van der Waals surface area contributed by atoms with Gasteiger partial charge in [0, 0.05) is 13.1 Å². The molecule has 0 amide bonds. The molecule has 0 aromatic heterocycles. The summed E-state index contributed by atoms with van der Waals surface area (Å²) in [6, 6.07) is 24.2. The molecule has 0 aliphatic heterocycles. The number of rotatable bonds is 5. The third-order valence-electron chi connectivity index (χ3n) is 5.75. The molecule has 134 valence electrons. The Labute approximate surface area is 159 Å². The molecule has 2 nitrogen and oxygen atoms in total. The highest BCUT2D eigenvalue weighted by Crippen LogP contribution is 2.37. The summed E-state index contributed by atoms with van der Waals surface area (Å²) in [4.78, 5) is 0. The minimum Gasteiger partial charge on any atom is -0.497 e. The molecule has 27 heavy (non-hydrogen) atoms. The van der Waals surface area contributed by atoms with Crippen LogP contribution in [0.4, 0.5) is 0 Å². The molecule has 1 aliphatic rings. The van der Waals surface area contributed by atoms with Crippen molar-refractivity contribution in [1.29, 1.82) is 0 Å². The monoisotopic (exact) mass is 353 g/mol. The van der Waals surface area contributed by atoms with E-state index in [1.165, 1.54) is 43.8 Å². The standard InChI is InChI=1S/C25H23NO/c1-27-22-12-5-17(6-13-22)15-26-16-21-10-9-20-8-7-18-3-2-4-19-11-14-23(21)25(20)24(18)19/h2-6,9-14,26H,7-8,15-16H2,1H3. The lowest BCUT2D eigenvalue weighted by atomic mass is 9.85. The summed E-state index contributed by atoms with van der Waals surface area (Å²) >= 11 is 0. The molecule has 2 heteroatoms. The smallest absolute Gasteiger partial charge is 0.118 e. The molecule has 1 aliphatic carbocycles. The zero-order chi connectivity index (χ0) is 18.2. The molecule has 0 saturated carbocycles. The van der Waals surface area contributed by atoms with Gasteiger partial charge >= 0.3 is 0 Å². The van der Waals surface area contributed by atoms with Crippen molar-refractivity contribution in [2.24, 2.45) is 0 Å². The lowest BCUT2D eigenvalue weighted by Crippen LogP contribution is -2.13. The Morgan fingerprint density at radius 3 is 2.41 bits per heavy atom. The number of hydrogen-bond acceptors (Lipinski definition) is 2. The fourth-order valence-electron chi connectivity index (χ4n) is 4.36. The Balaban J connectivity index is 1.46. The van der Waals surface area contributed by atoms with E-state index < -0.39 is 0 Å². The summed E-state index contributed by atoms with van der Waals surface area (Å²) in [5.41, 5.74) is 5.63. The molecule has 0 fully saturated rings. The maximum absolute atomic E-state index is 5.23. The van der Waals surface area contributed by atoms with E-state index in [-0.39, 0.29) is 0 Å². The number of benzene rings is 4. The van der Waals surface area contributed by atoms with Gasteiger partial charge in [-0.25, -0.2) is 0 Å². The predicted molar refractivity (Wildman–Crippen MR) is 112 cm³/mol. The van der Waals surface area contributed by atoms with E-state index in [1.807, 2.05) is 12.1 Å². The van der Waals surface area contributed by atoms with Crippen molar-refractivity contribution in [3.8, 4) is 5.75 Å². The van der Waals surface area contributed by atoms with Crippen molar-refractivity contribution in [3.63, 3.8) is 0 Å². The van der Waals surface area contributed by atoms with Crippen molar-refractivity contribution in [3.05, 3.63) is 89.0 Å². The maximum Gasteiger partial charge on any atom is 0.118 e. The maximum atomic E-state index is 5.23. The Morgan fingerprint density at radius 1 is 0.778 bits per heavy atom. The van der Waals surface area contributed by atoms with Crippen LogP contribution in [0.5, 0.6) is 5.75 Å². The largest absolute Gasteiger partial charge is 0.497 e. The Bertz CT molecular complexity index is 1130. The second kappa shape index (κ2) is 6.71. The van der Waals surface area contributed by atoms with Crippen LogP contribution in [0.1, 0.15) is 22.3 Å². The zero-order valence-corrected chi connectivity index (χ0v) is 15.6. The third kappa shape index (κ3) is 2.87. The molecule has 1 N–H and O–H groups in total. The van der Waals surface area contributed by atoms with Crippen molar-refractivity contribution in [2.75, 3.05) is 7.11 Å². The molecule has 0 atom stereocenters. The molecule has 5 rings (SSSR count). The summed E-state index contributed by atoms with van der Waals surface area (Å²) in [5, 5.41) is 9.31. The predicted octanol–water partition coefficient (Wildman–Crippen LogP) is 5.39. The molecular weight excluding hydrogens is 330 g/mol. The van der Waals surface area contributed by atoms with Gasteiger partial charge in [-0.3, -0.25) is 0 Å². The van der Waals surface area contributed by atoms with Crippen LogP contribution < -0.4 is 10.1 Å². The van der Waals surface area contributed by atoms with Gasteiger partial charge in [0.15, 0.2) is 0 Å². The number of hydrogen-bond donors (Lipinski definition) is 1. The van der Waals surface area contributed by atoms with Gasteiger partial charge in [0.2, 0.25) is 0 Å². The molecular formula is C25H23NO. The van der Waals surface area contributed by atoms with Crippen LogP contribution in [0.2, 0.25) is 0 Å². The first-order chi connectivity index (χ1) is 13.3. The molecule has 0 radical (unpaired) electrons. The van der Waals surface area contributed by atoms with Crippen LogP contribution in [0, 0.1) is 0 Å². The first kappa shape index (κ1) is 16.3. The van der Waals surface area contributed by atoms with E-state index in [2.05, 4.69) is 59.9 Å².